The van der Waals surface area contributed by atoms with Crippen molar-refractivity contribution in [2.75, 3.05) is 19.7 Å². The first-order valence-electron chi connectivity index (χ1n) is 6.54. The van der Waals surface area contributed by atoms with Gasteiger partial charge in [0.05, 0.1) is 11.5 Å². The van der Waals surface area contributed by atoms with Crippen molar-refractivity contribution in [3.63, 3.8) is 0 Å². The predicted octanol–water partition coefficient (Wildman–Crippen LogP) is 0.970. The normalized spacial score (nSPS) is 20.4. The Labute approximate surface area is 112 Å². The largest absolute Gasteiger partial charge is 0.395 e. The van der Waals surface area contributed by atoms with E-state index in [4.69, 9.17) is 5.11 Å². The number of benzene rings is 1. The van der Waals surface area contributed by atoms with Gasteiger partial charge in [0, 0.05) is 30.8 Å². The lowest BCUT2D eigenvalue weighted by Crippen LogP contribution is -2.39. The molecule has 1 fully saturated rings. The second kappa shape index (κ2) is 6.60. The Bertz CT molecular complexity index is 416. The first-order valence-corrected chi connectivity index (χ1v) is 6.54. The van der Waals surface area contributed by atoms with Crippen molar-refractivity contribution in [1.82, 2.24) is 10.6 Å². The summed E-state index contributed by atoms with van der Waals surface area (Å²) in [6.45, 7) is 1.59. The van der Waals surface area contributed by atoms with Crippen molar-refractivity contribution in [2.24, 2.45) is 0 Å². The smallest absolute Gasteiger partial charge is 0.269 e. The molecule has 1 heterocycles. The lowest BCUT2D eigenvalue weighted by molar-refractivity contribution is -0.384. The molecule has 1 aliphatic rings. The van der Waals surface area contributed by atoms with Gasteiger partial charge < -0.3 is 15.7 Å². The minimum Gasteiger partial charge on any atom is -0.395 e. The molecule has 0 radical (unpaired) electrons. The average Bonchev–Trinajstić information content (AvgIpc) is 2.94. The van der Waals surface area contributed by atoms with E-state index in [9.17, 15) is 10.1 Å². The van der Waals surface area contributed by atoms with Crippen LogP contribution < -0.4 is 10.6 Å². The van der Waals surface area contributed by atoms with Crippen LogP contribution in [0.3, 0.4) is 0 Å². The molecule has 0 amide bonds. The number of aliphatic hydroxyl groups excluding tert-OH is 1. The Morgan fingerprint density at radius 2 is 2.21 bits per heavy atom. The molecule has 2 rings (SSSR count). The van der Waals surface area contributed by atoms with E-state index in [1.54, 1.807) is 12.1 Å². The Balaban J connectivity index is 2.14. The Hall–Kier alpha value is -1.50. The number of nitrogens with one attached hydrogen (secondary N) is 2. The standard InChI is InChI=1S/C13H19N3O3/c17-9-8-15-13(12-2-1-7-14-12)10-3-5-11(6-4-10)16(18)19/h3-6,12-15,17H,1-2,7-9H2. The highest BCUT2D eigenvalue weighted by Crippen LogP contribution is 2.24. The van der Waals surface area contributed by atoms with Gasteiger partial charge in [0.25, 0.3) is 5.69 Å². The van der Waals surface area contributed by atoms with Crippen LogP contribution in [0.1, 0.15) is 24.4 Å². The van der Waals surface area contributed by atoms with Gasteiger partial charge in [-0.3, -0.25) is 10.1 Å². The Morgan fingerprint density at radius 3 is 2.74 bits per heavy atom. The summed E-state index contributed by atoms with van der Waals surface area (Å²) in [7, 11) is 0. The zero-order chi connectivity index (χ0) is 13.7. The van der Waals surface area contributed by atoms with Gasteiger partial charge in [-0.05, 0) is 24.9 Å². The molecule has 1 saturated heterocycles. The van der Waals surface area contributed by atoms with Crippen molar-refractivity contribution >= 4 is 5.69 Å². The molecule has 0 aromatic heterocycles. The maximum Gasteiger partial charge on any atom is 0.269 e. The van der Waals surface area contributed by atoms with Crippen molar-refractivity contribution in [2.45, 2.75) is 24.9 Å². The van der Waals surface area contributed by atoms with Gasteiger partial charge in [0.15, 0.2) is 0 Å². The molecule has 0 saturated carbocycles. The molecule has 6 nitrogen and oxygen atoms in total. The number of hydrogen-bond donors (Lipinski definition) is 3. The Kier molecular flexibility index (Phi) is 4.84. The van der Waals surface area contributed by atoms with Crippen LogP contribution in [0.5, 0.6) is 0 Å². The number of rotatable bonds is 6. The molecule has 0 bridgehead atoms. The van der Waals surface area contributed by atoms with Gasteiger partial charge in [0.1, 0.15) is 0 Å². The van der Waals surface area contributed by atoms with E-state index in [-0.39, 0.29) is 18.3 Å². The van der Waals surface area contributed by atoms with Crippen LogP contribution in [-0.2, 0) is 0 Å². The summed E-state index contributed by atoms with van der Waals surface area (Å²) in [6, 6.07) is 7.01. The van der Waals surface area contributed by atoms with Crippen LogP contribution >= 0.6 is 0 Å². The first kappa shape index (κ1) is 13.9. The highest BCUT2D eigenvalue weighted by atomic mass is 16.6. The van der Waals surface area contributed by atoms with E-state index in [1.165, 1.54) is 12.1 Å². The third kappa shape index (κ3) is 3.50. The molecule has 3 N–H and O–H groups in total. The topological polar surface area (TPSA) is 87.4 Å². The van der Waals surface area contributed by atoms with Gasteiger partial charge in [-0.15, -0.1) is 0 Å². The van der Waals surface area contributed by atoms with Crippen LogP contribution in [0.15, 0.2) is 24.3 Å². The molecular formula is C13H19N3O3. The fourth-order valence-electron chi connectivity index (χ4n) is 2.51. The maximum absolute atomic E-state index is 10.7. The molecule has 19 heavy (non-hydrogen) atoms. The summed E-state index contributed by atoms with van der Waals surface area (Å²) >= 11 is 0. The minimum absolute atomic E-state index is 0.0791. The second-order valence-electron chi connectivity index (χ2n) is 4.71. The van der Waals surface area contributed by atoms with Crippen LogP contribution in [-0.4, -0.2) is 35.8 Å². The van der Waals surface area contributed by atoms with Crippen LogP contribution in [0.4, 0.5) is 5.69 Å². The lowest BCUT2D eigenvalue weighted by Gasteiger charge is -2.25. The lowest BCUT2D eigenvalue weighted by atomic mass is 9.97. The number of aliphatic hydroxyl groups is 1. The van der Waals surface area contributed by atoms with Crippen LogP contribution in [0.25, 0.3) is 0 Å². The minimum atomic E-state index is -0.395. The number of nitro groups is 1. The quantitative estimate of drug-likeness (QED) is 0.527. The van der Waals surface area contributed by atoms with Crippen LogP contribution in [0, 0.1) is 10.1 Å². The first-order chi connectivity index (χ1) is 9.22. The van der Waals surface area contributed by atoms with E-state index in [0.717, 1.165) is 24.9 Å². The van der Waals surface area contributed by atoms with E-state index >= 15 is 0 Å². The zero-order valence-electron chi connectivity index (χ0n) is 10.7. The SMILES string of the molecule is O=[N+]([O-])c1ccc(C(NCCO)C2CCCN2)cc1. The van der Waals surface area contributed by atoms with E-state index in [2.05, 4.69) is 10.6 Å². The highest BCUT2D eigenvalue weighted by Gasteiger charge is 2.25. The highest BCUT2D eigenvalue weighted by molar-refractivity contribution is 5.34. The van der Waals surface area contributed by atoms with Gasteiger partial charge in [-0.1, -0.05) is 12.1 Å². The second-order valence-corrected chi connectivity index (χ2v) is 4.71. The van der Waals surface area contributed by atoms with Crippen molar-refractivity contribution in [3.05, 3.63) is 39.9 Å². The van der Waals surface area contributed by atoms with Crippen LogP contribution in [0.2, 0.25) is 0 Å². The average molecular weight is 265 g/mol. The third-order valence-corrected chi connectivity index (χ3v) is 3.44. The molecule has 6 heteroatoms. The third-order valence-electron chi connectivity index (χ3n) is 3.44. The monoisotopic (exact) mass is 265 g/mol. The van der Waals surface area contributed by atoms with Crippen molar-refractivity contribution < 1.29 is 10.0 Å². The number of hydrogen-bond acceptors (Lipinski definition) is 5. The molecule has 104 valence electrons. The molecule has 1 aliphatic heterocycles. The van der Waals surface area contributed by atoms with Gasteiger partial charge in [0.2, 0.25) is 0 Å². The predicted molar refractivity (Wildman–Crippen MR) is 72.0 cm³/mol. The summed E-state index contributed by atoms with van der Waals surface area (Å²) in [5, 5.41) is 26.3. The van der Waals surface area contributed by atoms with E-state index in [0.29, 0.717) is 12.6 Å². The van der Waals surface area contributed by atoms with Gasteiger partial charge in [-0.25, -0.2) is 0 Å². The van der Waals surface area contributed by atoms with Gasteiger partial charge >= 0.3 is 0 Å². The summed E-state index contributed by atoms with van der Waals surface area (Å²) < 4.78 is 0. The van der Waals surface area contributed by atoms with E-state index < -0.39 is 4.92 Å². The fourth-order valence-corrected chi connectivity index (χ4v) is 2.51. The van der Waals surface area contributed by atoms with Crippen molar-refractivity contribution in [1.29, 1.82) is 0 Å². The molecule has 1 aromatic rings. The van der Waals surface area contributed by atoms with Gasteiger partial charge in [-0.2, -0.15) is 0 Å². The molecule has 2 atom stereocenters. The fraction of sp³-hybridized carbons (Fsp3) is 0.538. The maximum atomic E-state index is 10.7. The molecule has 0 aliphatic carbocycles. The number of nitrogens with zero attached hydrogens (tertiary/aromatic N) is 1. The molecule has 1 aromatic carbocycles. The Morgan fingerprint density at radius 1 is 1.47 bits per heavy atom. The number of nitro benzene ring substituents is 1. The molecule has 2 unspecified atom stereocenters. The summed E-state index contributed by atoms with van der Waals surface area (Å²) in [5.74, 6) is 0. The van der Waals surface area contributed by atoms with E-state index in [1.807, 2.05) is 0 Å². The summed E-state index contributed by atoms with van der Waals surface area (Å²) in [6.07, 6.45) is 2.20. The summed E-state index contributed by atoms with van der Waals surface area (Å²) in [5.41, 5.74) is 1.11. The number of non-ortho nitro benzene ring substituents is 1. The van der Waals surface area contributed by atoms with Crippen molar-refractivity contribution in [3.8, 4) is 0 Å². The molecular weight excluding hydrogens is 246 g/mol. The molecule has 0 spiro atoms. The zero-order valence-corrected chi connectivity index (χ0v) is 10.7. The summed E-state index contributed by atoms with van der Waals surface area (Å²) in [4.78, 5) is 10.3.